The monoisotopic (exact) mass is 266 g/mol. The summed E-state index contributed by atoms with van der Waals surface area (Å²) >= 11 is 0. The van der Waals surface area contributed by atoms with Gasteiger partial charge in [-0.1, -0.05) is 0 Å². The highest BCUT2D eigenvalue weighted by Gasteiger charge is 2.22. The summed E-state index contributed by atoms with van der Waals surface area (Å²) in [5.74, 6) is -8.60. The van der Waals surface area contributed by atoms with Crippen LogP contribution in [0.2, 0.25) is 0 Å². The zero-order chi connectivity index (χ0) is 13.9. The highest BCUT2D eigenvalue weighted by Crippen LogP contribution is 2.26. The molecule has 0 bridgehead atoms. The zero-order valence-electron chi connectivity index (χ0n) is 9.27. The smallest absolute Gasteiger partial charge is 0.238 e. The van der Waals surface area contributed by atoms with Crippen molar-refractivity contribution in [3.8, 4) is 5.75 Å². The van der Waals surface area contributed by atoms with Gasteiger partial charge in [0.05, 0.1) is 0 Å². The lowest BCUT2D eigenvalue weighted by Crippen LogP contribution is -2.43. The second kappa shape index (κ2) is 5.67. The first-order valence-electron chi connectivity index (χ1n) is 4.80. The van der Waals surface area contributed by atoms with Gasteiger partial charge in [0.25, 0.3) is 0 Å². The minimum atomic E-state index is -1.67. The van der Waals surface area contributed by atoms with Gasteiger partial charge in [-0.05, 0) is 7.05 Å². The second-order valence-corrected chi connectivity index (χ2v) is 3.35. The van der Waals surface area contributed by atoms with Crippen LogP contribution in [0.25, 0.3) is 0 Å². The minimum absolute atomic E-state index is 0.0567. The van der Waals surface area contributed by atoms with E-state index in [-0.39, 0.29) is 6.07 Å². The normalized spacial score (nSPS) is 12.3. The molecule has 1 unspecified atom stereocenters. The summed E-state index contributed by atoms with van der Waals surface area (Å²) in [7, 11) is 1.36. The maximum Gasteiger partial charge on any atom is 0.238 e. The molecular formula is C10H10F4N2O2. The molecule has 0 spiro atoms. The lowest BCUT2D eigenvalue weighted by Gasteiger charge is -2.14. The predicted octanol–water partition coefficient (Wildman–Crippen LogP) is 0.695. The second-order valence-electron chi connectivity index (χ2n) is 3.35. The lowest BCUT2D eigenvalue weighted by molar-refractivity contribution is -0.120. The van der Waals surface area contributed by atoms with E-state index in [0.29, 0.717) is 0 Å². The Labute approximate surface area is 99.7 Å². The Morgan fingerprint density at radius 2 is 1.83 bits per heavy atom. The number of ether oxygens (including phenoxy) is 1. The van der Waals surface area contributed by atoms with Crippen LogP contribution < -0.4 is 15.8 Å². The Hall–Kier alpha value is -1.83. The van der Waals surface area contributed by atoms with Gasteiger partial charge in [0.2, 0.25) is 17.5 Å². The fourth-order valence-electron chi connectivity index (χ4n) is 1.15. The summed E-state index contributed by atoms with van der Waals surface area (Å²) < 4.78 is 56.5. The van der Waals surface area contributed by atoms with Crippen LogP contribution in [-0.4, -0.2) is 25.6 Å². The number of carbonyl (C=O) groups excluding carboxylic acids is 1. The van der Waals surface area contributed by atoms with Crippen molar-refractivity contribution in [2.75, 3.05) is 13.7 Å². The van der Waals surface area contributed by atoms with Crippen molar-refractivity contribution in [1.29, 1.82) is 0 Å². The number of hydrogen-bond acceptors (Lipinski definition) is 3. The van der Waals surface area contributed by atoms with Crippen LogP contribution in [0.4, 0.5) is 17.6 Å². The third kappa shape index (κ3) is 2.89. The van der Waals surface area contributed by atoms with Crippen LogP contribution in [0.15, 0.2) is 6.07 Å². The van der Waals surface area contributed by atoms with Crippen molar-refractivity contribution in [3.05, 3.63) is 29.3 Å². The van der Waals surface area contributed by atoms with Crippen LogP contribution in [0.5, 0.6) is 5.75 Å². The van der Waals surface area contributed by atoms with E-state index in [1.807, 2.05) is 0 Å². The van der Waals surface area contributed by atoms with E-state index in [2.05, 4.69) is 10.1 Å². The molecule has 0 aliphatic carbocycles. The topological polar surface area (TPSA) is 64.3 Å². The Balaban J connectivity index is 2.94. The Bertz CT molecular complexity index is 441. The molecule has 1 rings (SSSR count). The average Bonchev–Trinajstić information content (AvgIpc) is 2.31. The van der Waals surface area contributed by atoms with Gasteiger partial charge in [0.15, 0.2) is 17.4 Å². The molecule has 0 saturated heterocycles. The molecule has 100 valence electrons. The molecule has 0 radical (unpaired) electrons. The summed E-state index contributed by atoms with van der Waals surface area (Å²) in [6.45, 7) is -0.567. The fraction of sp³-hybridized carbons (Fsp3) is 0.300. The highest BCUT2D eigenvalue weighted by molar-refractivity contribution is 5.79. The van der Waals surface area contributed by atoms with E-state index in [4.69, 9.17) is 5.73 Å². The molecule has 18 heavy (non-hydrogen) atoms. The van der Waals surface area contributed by atoms with Gasteiger partial charge in [-0.15, -0.1) is 0 Å². The third-order valence-corrected chi connectivity index (χ3v) is 2.16. The minimum Gasteiger partial charge on any atom is -0.485 e. The first-order chi connectivity index (χ1) is 8.38. The molecular weight excluding hydrogens is 256 g/mol. The van der Waals surface area contributed by atoms with Crippen LogP contribution in [0.1, 0.15) is 0 Å². The number of carbonyl (C=O) groups is 1. The summed E-state index contributed by atoms with van der Waals surface area (Å²) in [6.07, 6.45) is 0. The maximum absolute atomic E-state index is 13.2. The molecule has 0 heterocycles. The Morgan fingerprint density at radius 1 is 1.33 bits per heavy atom. The largest absolute Gasteiger partial charge is 0.485 e. The number of hydrogen-bond donors (Lipinski definition) is 2. The number of benzene rings is 1. The van der Waals surface area contributed by atoms with Crippen molar-refractivity contribution < 1.29 is 27.1 Å². The van der Waals surface area contributed by atoms with Crippen LogP contribution in [0.3, 0.4) is 0 Å². The standard InChI is InChI=1S/C10H10F4N2O2/c1-16-6(10(15)17)3-18-9-7(13)4(11)2-5(12)8(9)14/h2,6,16H,3H2,1H3,(H2,15,17). The van der Waals surface area contributed by atoms with Gasteiger partial charge in [-0.2, -0.15) is 8.78 Å². The van der Waals surface area contributed by atoms with Gasteiger partial charge < -0.3 is 15.8 Å². The van der Waals surface area contributed by atoms with Gasteiger partial charge in [-0.3, -0.25) is 4.79 Å². The number of halogens is 4. The molecule has 8 heteroatoms. The molecule has 4 nitrogen and oxygen atoms in total. The Kier molecular flexibility index (Phi) is 4.49. The van der Waals surface area contributed by atoms with Crippen molar-refractivity contribution in [1.82, 2.24) is 5.32 Å². The number of primary amides is 1. The molecule has 1 aromatic carbocycles. The van der Waals surface area contributed by atoms with E-state index in [1.54, 1.807) is 0 Å². The van der Waals surface area contributed by atoms with Crippen LogP contribution in [-0.2, 0) is 4.79 Å². The number of likely N-dealkylation sites (N-methyl/N-ethyl adjacent to an activating group) is 1. The maximum atomic E-state index is 13.2. The van der Waals surface area contributed by atoms with E-state index in [9.17, 15) is 22.4 Å². The number of amides is 1. The molecule has 0 aromatic heterocycles. The Morgan fingerprint density at radius 3 is 2.22 bits per heavy atom. The summed E-state index contributed by atoms with van der Waals surface area (Å²) in [5.41, 5.74) is 4.93. The average molecular weight is 266 g/mol. The van der Waals surface area contributed by atoms with Crippen molar-refractivity contribution in [2.45, 2.75) is 6.04 Å². The van der Waals surface area contributed by atoms with Gasteiger partial charge >= 0.3 is 0 Å². The molecule has 3 N–H and O–H groups in total. The van der Waals surface area contributed by atoms with Crippen molar-refractivity contribution >= 4 is 5.91 Å². The number of rotatable bonds is 5. The van der Waals surface area contributed by atoms with E-state index < -0.39 is 47.6 Å². The van der Waals surface area contributed by atoms with Crippen LogP contribution in [0, 0.1) is 23.3 Å². The molecule has 1 amide bonds. The summed E-state index contributed by atoms with van der Waals surface area (Å²) in [4.78, 5) is 10.8. The molecule has 1 aromatic rings. The SMILES string of the molecule is CNC(COc1c(F)c(F)cc(F)c1F)C(N)=O. The lowest BCUT2D eigenvalue weighted by atomic mass is 10.2. The summed E-state index contributed by atoms with van der Waals surface area (Å²) in [5, 5.41) is 2.41. The molecule has 0 saturated carbocycles. The highest BCUT2D eigenvalue weighted by atomic mass is 19.2. The number of nitrogens with one attached hydrogen (secondary N) is 1. The van der Waals surface area contributed by atoms with Gasteiger partial charge in [0, 0.05) is 6.07 Å². The quantitative estimate of drug-likeness (QED) is 0.609. The van der Waals surface area contributed by atoms with Crippen molar-refractivity contribution in [3.63, 3.8) is 0 Å². The van der Waals surface area contributed by atoms with Gasteiger partial charge in [-0.25, -0.2) is 8.78 Å². The summed E-state index contributed by atoms with van der Waals surface area (Å²) in [6, 6.07) is -0.989. The molecule has 1 atom stereocenters. The molecule has 0 fully saturated rings. The third-order valence-electron chi connectivity index (χ3n) is 2.16. The molecule has 0 aliphatic heterocycles. The zero-order valence-corrected chi connectivity index (χ0v) is 9.27. The van der Waals surface area contributed by atoms with E-state index >= 15 is 0 Å². The molecule has 0 aliphatic rings. The van der Waals surface area contributed by atoms with Crippen LogP contribution >= 0.6 is 0 Å². The number of nitrogens with two attached hydrogens (primary N) is 1. The van der Waals surface area contributed by atoms with E-state index in [1.165, 1.54) is 7.05 Å². The van der Waals surface area contributed by atoms with E-state index in [0.717, 1.165) is 0 Å². The van der Waals surface area contributed by atoms with Crippen molar-refractivity contribution in [2.24, 2.45) is 5.73 Å². The first kappa shape index (κ1) is 14.2. The predicted molar refractivity (Wildman–Crippen MR) is 53.8 cm³/mol. The fourth-order valence-corrected chi connectivity index (χ4v) is 1.15. The first-order valence-corrected chi connectivity index (χ1v) is 4.80. The van der Waals surface area contributed by atoms with Gasteiger partial charge in [0.1, 0.15) is 12.6 Å².